The van der Waals surface area contributed by atoms with Crippen molar-refractivity contribution in [1.82, 2.24) is 10.2 Å². The number of para-hydroxylation sites is 1. The SMILES string of the molecule is O=C1COc2c(CN3CCNCC3)cccc2N1. The third-order valence-electron chi connectivity index (χ3n) is 3.32. The van der Waals surface area contributed by atoms with Gasteiger partial charge in [0.1, 0.15) is 5.75 Å². The van der Waals surface area contributed by atoms with Crippen molar-refractivity contribution in [2.24, 2.45) is 0 Å². The summed E-state index contributed by atoms with van der Waals surface area (Å²) in [5.41, 5.74) is 1.94. The molecule has 18 heavy (non-hydrogen) atoms. The number of nitrogens with zero attached hydrogens (tertiary/aromatic N) is 1. The van der Waals surface area contributed by atoms with Gasteiger partial charge in [-0.3, -0.25) is 9.69 Å². The number of piperazine rings is 1. The fraction of sp³-hybridized carbons (Fsp3) is 0.462. The molecule has 2 N–H and O–H groups in total. The molecule has 0 saturated carbocycles. The summed E-state index contributed by atoms with van der Waals surface area (Å²) < 4.78 is 5.55. The monoisotopic (exact) mass is 247 g/mol. The van der Waals surface area contributed by atoms with Crippen LogP contribution in [0.25, 0.3) is 0 Å². The third kappa shape index (κ3) is 2.32. The number of carbonyl (C=O) groups excluding carboxylic acids is 1. The quantitative estimate of drug-likeness (QED) is 0.795. The lowest BCUT2D eigenvalue weighted by Gasteiger charge is -2.29. The summed E-state index contributed by atoms with van der Waals surface area (Å²) in [7, 11) is 0. The van der Waals surface area contributed by atoms with Crippen LogP contribution in [0.5, 0.6) is 5.75 Å². The van der Waals surface area contributed by atoms with Crippen molar-refractivity contribution in [3.05, 3.63) is 23.8 Å². The van der Waals surface area contributed by atoms with Crippen LogP contribution in [-0.4, -0.2) is 43.6 Å². The highest BCUT2D eigenvalue weighted by Gasteiger charge is 2.20. The largest absolute Gasteiger partial charge is 0.481 e. The molecule has 0 aliphatic carbocycles. The molecule has 0 radical (unpaired) electrons. The smallest absolute Gasteiger partial charge is 0.262 e. The van der Waals surface area contributed by atoms with Gasteiger partial charge in [0.05, 0.1) is 5.69 Å². The summed E-state index contributed by atoms with van der Waals surface area (Å²) in [5, 5.41) is 6.18. The highest BCUT2D eigenvalue weighted by Crippen LogP contribution is 2.32. The van der Waals surface area contributed by atoms with Gasteiger partial charge in [0.15, 0.2) is 6.61 Å². The molecule has 1 amide bonds. The molecule has 5 nitrogen and oxygen atoms in total. The van der Waals surface area contributed by atoms with E-state index in [0.29, 0.717) is 0 Å². The Morgan fingerprint density at radius 2 is 2.11 bits per heavy atom. The number of amides is 1. The second-order valence-corrected chi connectivity index (χ2v) is 4.66. The van der Waals surface area contributed by atoms with Gasteiger partial charge in [-0.05, 0) is 6.07 Å². The van der Waals surface area contributed by atoms with Crippen LogP contribution in [0.1, 0.15) is 5.56 Å². The van der Waals surface area contributed by atoms with E-state index in [1.165, 1.54) is 0 Å². The normalized spacial score (nSPS) is 19.9. The maximum absolute atomic E-state index is 11.3. The first-order chi connectivity index (χ1) is 8.83. The van der Waals surface area contributed by atoms with Gasteiger partial charge >= 0.3 is 0 Å². The summed E-state index contributed by atoms with van der Waals surface area (Å²) in [6, 6.07) is 5.91. The Morgan fingerprint density at radius 3 is 2.94 bits per heavy atom. The molecule has 1 fully saturated rings. The number of nitrogens with one attached hydrogen (secondary N) is 2. The van der Waals surface area contributed by atoms with E-state index in [1.54, 1.807) is 0 Å². The zero-order chi connectivity index (χ0) is 12.4. The number of anilines is 1. The maximum Gasteiger partial charge on any atom is 0.262 e. The van der Waals surface area contributed by atoms with Crippen LogP contribution in [0.4, 0.5) is 5.69 Å². The van der Waals surface area contributed by atoms with E-state index in [2.05, 4.69) is 21.6 Å². The van der Waals surface area contributed by atoms with Crippen molar-refractivity contribution in [3.63, 3.8) is 0 Å². The number of ether oxygens (including phenoxy) is 1. The minimum absolute atomic E-state index is 0.0816. The third-order valence-corrected chi connectivity index (χ3v) is 3.32. The van der Waals surface area contributed by atoms with Crippen LogP contribution in [0, 0.1) is 0 Å². The second-order valence-electron chi connectivity index (χ2n) is 4.66. The first-order valence-electron chi connectivity index (χ1n) is 6.30. The molecular formula is C13H17N3O2. The molecule has 1 aromatic rings. The Balaban J connectivity index is 1.79. The van der Waals surface area contributed by atoms with E-state index in [1.807, 2.05) is 12.1 Å². The molecule has 0 spiro atoms. The standard InChI is InChI=1S/C13H17N3O2/c17-12-9-18-13-10(2-1-3-11(13)15-12)8-16-6-4-14-5-7-16/h1-3,14H,4-9H2,(H,15,17). The Kier molecular flexibility index (Phi) is 3.17. The van der Waals surface area contributed by atoms with Gasteiger partial charge in [0.2, 0.25) is 0 Å². The summed E-state index contributed by atoms with van der Waals surface area (Å²) in [4.78, 5) is 13.7. The van der Waals surface area contributed by atoms with Crippen LogP contribution >= 0.6 is 0 Å². The summed E-state index contributed by atoms with van der Waals surface area (Å²) >= 11 is 0. The molecule has 2 heterocycles. The molecule has 0 bridgehead atoms. The van der Waals surface area contributed by atoms with Crippen LogP contribution in [0.15, 0.2) is 18.2 Å². The van der Waals surface area contributed by atoms with E-state index in [9.17, 15) is 4.79 Å². The van der Waals surface area contributed by atoms with Crippen molar-refractivity contribution in [3.8, 4) is 5.75 Å². The first kappa shape index (κ1) is 11.5. The van der Waals surface area contributed by atoms with E-state index < -0.39 is 0 Å². The molecule has 2 aliphatic heterocycles. The minimum atomic E-state index is -0.0816. The van der Waals surface area contributed by atoms with Crippen LogP contribution in [0.3, 0.4) is 0 Å². The Labute approximate surface area is 106 Å². The van der Waals surface area contributed by atoms with Crippen LogP contribution in [-0.2, 0) is 11.3 Å². The zero-order valence-corrected chi connectivity index (χ0v) is 10.2. The average molecular weight is 247 g/mol. The first-order valence-corrected chi connectivity index (χ1v) is 6.30. The lowest BCUT2D eigenvalue weighted by atomic mass is 10.1. The van der Waals surface area contributed by atoms with Crippen molar-refractivity contribution in [2.75, 3.05) is 38.1 Å². The van der Waals surface area contributed by atoms with Crippen LogP contribution in [0.2, 0.25) is 0 Å². The number of fused-ring (bicyclic) bond motifs is 1. The fourth-order valence-electron chi connectivity index (χ4n) is 2.41. The van der Waals surface area contributed by atoms with E-state index >= 15 is 0 Å². The van der Waals surface area contributed by atoms with E-state index in [0.717, 1.165) is 49.7 Å². The predicted molar refractivity (Wildman–Crippen MR) is 68.7 cm³/mol. The molecule has 1 aromatic carbocycles. The van der Waals surface area contributed by atoms with Gasteiger partial charge < -0.3 is 15.4 Å². The molecule has 2 aliphatic rings. The average Bonchev–Trinajstić information content (AvgIpc) is 2.40. The Hall–Kier alpha value is -1.59. The molecule has 0 unspecified atom stereocenters. The molecule has 1 saturated heterocycles. The van der Waals surface area contributed by atoms with E-state index in [-0.39, 0.29) is 12.5 Å². The number of benzene rings is 1. The lowest BCUT2D eigenvalue weighted by Crippen LogP contribution is -2.43. The lowest BCUT2D eigenvalue weighted by molar-refractivity contribution is -0.118. The van der Waals surface area contributed by atoms with Crippen LogP contribution < -0.4 is 15.4 Å². The van der Waals surface area contributed by atoms with Crippen molar-refractivity contribution < 1.29 is 9.53 Å². The number of hydrogen-bond acceptors (Lipinski definition) is 4. The molecule has 5 heteroatoms. The van der Waals surface area contributed by atoms with Gasteiger partial charge in [-0.25, -0.2) is 0 Å². The number of hydrogen-bond donors (Lipinski definition) is 2. The number of rotatable bonds is 2. The zero-order valence-electron chi connectivity index (χ0n) is 10.2. The van der Waals surface area contributed by atoms with Crippen molar-refractivity contribution >= 4 is 11.6 Å². The Morgan fingerprint density at radius 1 is 1.28 bits per heavy atom. The molecule has 96 valence electrons. The van der Waals surface area contributed by atoms with Crippen molar-refractivity contribution in [1.29, 1.82) is 0 Å². The van der Waals surface area contributed by atoms with Gasteiger partial charge in [-0.2, -0.15) is 0 Å². The second kappa shape index (κ2) is 4.96. The highest BCUT2D eigenvalue weighted by molar-refractivity contribution is 5.95. The van der Waals surface area contributed by atoms with Gasteiger partial charge in [-0.1, -0.05) is 12.1 Å². The predicted octanol–water partition coefficient (Wildman–Crippen LogP) is 0.423. The minimum Gasteiger partial charge on any atom is -0.481 e. The summed E-state index contributed by atoms with van der Waals surface area (Å²) in [6.45, 7) is 5.16. The molecular weight excluding hydrogens is 230 g/mol. The van der Waals surface area contributed by atoms with Gasteiger partial charge in [0.25, 0.3) is 5.91 Å². The summed E-state index contributed by atoms with van der Waals surface area (Å²) in [5.74, 6) is 0.748. The fourth-order valence-corrected chi connectivity index (χ4v) is 2.41. The van der Waals surface area contributed by atoms with Crippen molar-refractivity contribution in [2.45, 2.75) is 6.54 Å². The van der Waals surface area contributed by atoms with Gasteiger partial charge in [-0.15, -0.1) is 0 Å². The maximum atomic E-state index is 11.3. The molecule has 0 atom stereocenters. The molecule has 0 aromatic heterocycles. The summed E-state index contributed by atoms with van der Waals surface area (Å²) in [6.07, 6.45) is 0. The van der Waals surface area contributed by atoms with Gasteiger partial charge in [0, 0.05) is 38.3 Å². The highest BCUT2D eigenvalue weighted by atomic mass is 16.5. The number of carbonyl (C=O) groups is 1. The molecule has 3 rings (SSSR count). The topological polar surface area (TPSA) is 53.6 Å². The Bertz CT molecular complexity index is 456. The van der Waals surface area contributed by atoms with E-state index in [4.69, 9.17) is 4.74 Å².